The molecule has 0 unspecified atom stereocenters. The van der Waals surface area contributed by atoms with Crippen LogP contribution in [0.15, 0.2) is 239 Å². The van der Waals surface area contributed by atoms with Crippen LogP contribution >= 0.6 is 0 Å². The highest BCUT2D eigenvalue weighted by Crippen LogP contribution is 2.42. The maximum absolute atomic E-state index is 6.70. The van der Waals surface area contributed by atoms with Gasteiger partial charge >= 0.3 is 0 Å². The molecule has 322 valence electrons. The summed E-state index contributed by atoms with van der Waals surface area (Å²) in [6.07, 6.45) is 0. The quantitative estimate of drug-likeness (QED) is 0.159. The van der Waals surface area contributed by atoms with Crippen molar-refractivity contribution in [1.29, 1.82) is 0 Å². The van der Waals surface area contributed by atoms with E-state index in [2.05, 4.69) is 193 Å². The molecule has 0 saturated carbocycles. The van der Waals surface area contributed by atoms with E-state index in [4.69, 9.17) is 23.8 Å². The third-order valence-electron chi connectivity index (χ3n) is 13.5. The molecule has 6 heteroatoms. The molecule has 4 aromatic heterocycles. The Morgan fingerprint density at radius 3 is 1.51 bits per heavy atom. The van der Waals surface area contributed by atoms with Crippen molar-refractivity contribution < 1.29 is 8.83 Å². The van der Waals surface area contributed by atoms with Gasteiger partial charge in [0.25, 0.3) is 0 Å². The first-order valence-corrected chi connectivity index (χ1v) is 23.2. The van der Waals surface area contributed by atoms with Crippen LogP contribution in [0.1, 0.15) is 0 Å². The lowest BCUT2D eigenvalue weighted by atomic mass is 10.0. The fourth-order valence-electron chi connectivity index (χ4n) is 10.1. The van der Waals surface area contributed by atoms with Crippen molar-refractivity contribution in [3.8, 4) is 73.2 Å². The van der Waals surface area contributed by atoms with Crippen molar-refractivity contribution in [2.24, 2.45) is 0 Å². The molecule has 0 fully saturated rings. The van der Waals surface area contributed by atoms with Crippen molar-refractivity contribution in [1.82, 2.24) is 19.5 Å². The molecule has 10 aromatic carbocycles. The minimum Gasteiger partial charge on any atom is -0.456 e. The number of aromatic nitrogens is 4. The molecule has 0 amide bonds. The van der Waals surface area contributed by atoms with Gasteiger partial charge in [-0.05, 0) is 100 Å². The van der Waals surface area contributed by atoms with Crippen LogP contribution in [0, 0.1) is 0 Å². The van der Waals surface area contributed by atoms with Gasteiger partial charge in [0.2, 0.25) is 0 Å². The van der Waals surface area contributed by atoms with Gasteiger partial charge in [0.1, 0.15) is 22.3 Å². The smallest absolute Gasteiger partial charge is 0.164 e. The van der Waals surface area contributed by atoms with Gasteiger partial charge in [-0.3, -0.25) is 0 Å². The average Bonchev–Trinajstić information content (AvgIpc) is 4.10. The highest BCUT2D eigenvalue weighted by molar-refractivity contribution is 6.15. The van der Waals surface area contributed by atoms with E-state index < -0.39 is 0 Å². The lowest BCUT2D eigenvalue weighted by Gasteiger charge is -2.10. The van der Waals surface area contributed by atoms with Crippen molar-refractivity contribution in [3.05, 3.63) is 231 Å². The number of nitrogens with zero attached hydrogens (tertiary/aromatic N) is 4. The summed E-state index contributed by atoms with van der Waals surface area (Å²) in [5, 5.41) is 6.64. The highest BCUT2D eigenvalue weighted by atomic mass is 16.3. The van der Waals surface area contributed by atoms with Gasteiger partial charge in [-0.15, -0.1) is 0 Å². The van der Waals surface area contributed by atoms with Crippen LogP contribution < -0.4 is 0 Å². The van der Waals surface area contributed by atoms with Gasteiger partial charge in [0.05, 0.1) is 22.1 Å². The topological polar surface area (TPSA) is 69.9 Å². The van der Waals surface area contributed by atoms with Crippen LogP contribution in [0.3, 0.4) is 0 Å². The highest BCUT2D eigenvalue weighted by Gasteiger charge is 2.20. The second-order valence-corrected chi connectivity index (χ2v) is 17.6. The summed E-state index contributed by atoms with van der Waals surface area (Å²) in [7, 11) is 0. The van der Waals surface area contributed by atoms with Gasteiger partial charge in [0, 0.05) is 43.6 Å². The molecule has 0 radical (unpaired) electrons. The minimum absolute atomic E-state index is 0.576. The number of para-hydroxylation sites is 1. The molecule has 0 spiro atoms. The number of rotatable bonds is 7. The zero-order valence-electron chi connectivity index (χ0n) is 37.0. The Morgan fingerprint density at radius 2 is 0.739 bits per heavy atom. The number of hydrogen-bond acceptors (Lipinski definition) is 5. The predicted molar refractivity (Wildman–Crippen MR) is 281 cm³/mol. The first kappa shape index (κ1) is 38.8. The third kappa shape index (κ3) is 6.53. The molecule has 0 N–H and O–H groups in total. The van der Waals surface area contributed by atoms with E-state index in [9.17, 15) is 0 Å². The molecule has 4 heterocycles. The summed E-state index contributed by atoms with van der Waals surface area (Å²) in [6.45, 7) is 0. The Bertz CT molecular complexity index is 4290. The Morgan fingerprint density at radius 1 is 0.261 bits per heavy atom. The van der Waals surface area contributed by atoms with E-state index in [1.54, 1.807) is 0 Å². The first-order chi connectivity index (χ1) is 34.2. The number of hydrogen-bond donors (Lipinski definition) is 0. The van der Waals surface area contributed by atoms with E-state index in [0.29, 0.717) is 17.5 Å². The van der Waals surface area contributed by atoms with Crippen molar-refractivity contribution in [3.63, 3.8) is 0 Å². The summed E-state index contributed by atoms with van der Waals surface area (Å²) in [5.41, 5.74) is 16.2. The van der Waals surface area contributed by atoms with E-state index in [0.717, 1.165) is 99.5 Å². The molecule has 14 rings (SSSR count). The maximum atomic E-state index is 6.70. The normalized spacial score (nSPS) is 11.8. The molecule has 69 heavy (non-hydrogen) atoms. The van der Waals surface area contributed by atoms with Crippen molar-refractivity contribution >= 4 is 65.7 Å². The monoisotopic (exact) mass is 882 g/mol. The zero-order chi connectivity index (χ0) is 45.4. The molecule has 0 aliphatic rings. The summed E-state index contributed by atoms with van der Waals surface area (Å²) in [5.74, 6) is 1.79. The lowest BCUT2D eigenvalue weighted by Crippen LogP contribution is -2.00. The number of fused-ring (bicyclic) bond motifs is 9. The van der Waals surface area contributed by atoms with Gasteiger partial charge in [-0.2, -0.15) is 0 Å². The number of benzene rings is 10. The summed E-state index contributed by atoms with van der Waals surface area (Å²) < 4.78 is 15.6. The Balaban J connectivity index is 0.830. The minimum atomic E-state index is 0.576. The summed E-state index contributed by atoms with van der Waals surface area (Å²) in [4.78, 5) is 15.0. The summed E-state index contributed by atoms with van der Waals surface area (Å²) in [6, 6.07) is 80.4. The molecule has 14 aromatic rings. The second kappa shape index (κ2) is 15.6. The molecule has 0 saturated heterocycles. The van der Waals surface area contributed by atoms with Crippen molar-refractivity contribution in [2.45, 2.75) is 0 Å². The fourth-order valence-corrected chi connectivity index (χ4v) is 10.1. The number of furan rings is 2. The van der Waals surface area contributed by atoms with E-state index >= 15 is 0 Å². The molecule has 0 aliphatic carbocycles. The van der Waals surface area contributed by atoms with Gasteiger partial charge in [0.15, 0.2) is 17.5 Å². The van der Waals surface area contributed by atoms with Gasteiger partial charge in [-0.25, -0.2) is 15.0 Å². The van der Waals surface area contributed by atoms with E-state index in [1.807, 2.05) is 42.5 Å². The zero-order valence-corrected chi connectivity index (χ0v) is 37.0. The Hall–Kier alpha value is -9.39. The van der Waals surface area contributed by atoms with Gasteiger partial charge < -0.3 is 13.4 Å². The SMILES string of the molecule is c1ccc(-c2ccc(-c3nc(-c4ccccc4)nc(-c4ccc5c(c4)oc4ccc(-c6ccc7c(c6)oc6cccc(-n8c9ccccc9c9cc(-c%10ccccc%10)ccc98)c67)cc45)n3)cc2)cc1. The summed E-state index contributed by atoms with van der Waals surface area (Å²) >= 11 is 0. The molecular weight excluding hydrogens is 845 g/mol. The van der Waals surface area contributed by atoms with Crippen molar-refractivity contribution in [2.75, 3.05) is 0 Å². The maximum Gasteiger partial charge on any atom is 0.164 e. The molecule has 0 aliphatic heterocycles. The van der Waals surface area contributed by atoms with Crippen LogP contribution in [0.25, 0.3) is 139 Å². The Labute approximate surface area is 396 Å². The standard InChI is InChI=1S/C63H38N4O2/c1-4-13-39(14-5-1)41-23-25-43(26-24-41)62-64-61(42-17-8-3-9-18-42)65-63(66-62)47-28-31-49-52-36-45(30-34-56(52)68-58(49)38-47)46-27-32-50-59(37-46)69-57-22-12-21-55(60(50)57)67-53-20-11-10-19-48(53)51-35-44(29-33-54(51)67)40-15-6-2-7-16-40/h1-38H. The fraction of sp³-hybridized carbons (Fsp3) is 0. The molecule has 0 atom stereocenters. The van der Waals surface area contributed by atoms with Crippen LogP contribution in [0.2, 0.25) is 0 Å². The molecular formula is C63H38N4O2. The Kier molecular flexibility index (Phi) is 8.79. The van der Waals surface area contributed by atoms with Crippen LogP contribution in [-0.2, 0) is 0 Å². The predicted octanol–water partition coefficient (Wildman–Crippen LogP) is 16.8. The second-order valence-electron chi connectivity index (χ2n) is 17.6. The third-order valence-corrected chi connectivity index (χ3v) is 13.5. The van der Waals surface area contributed by atoms with Gasteiger partial charge in [-0.1, -0.05) is 164 Å². The van der Waals surface area contributed by atoms with Crippen LogP contribution in [-0.4, -0.2) is 19.5 Å². The van der Waals surface area contributed by atoms with E-state index in [1.165, 1.54) is 21.9 Å². The van der Waals surface area contributed by atoms with E-state index in [-0.39, 0.29) is 0 Å². The largest absolute Gasteiger partial charge is 0.456 e. The lowest BCUT2D eigenvalue weighted by molar-refractivity contribution is 0.669. The molecule has 6 nitrogen and oxygen atoms in total. The first-order valence-electron chi connectivity index (χ1n) is 23.2. The molecule has 0 bridgehead atoms. The average molecular weight is 883 g/mol. The van der Waals surface area contributed by atoms with Crippen LogP contribution in [0.5, 0.6) is 0 Å². The van der Waals surface area contributed by atoms with Crippen LogP contribution in [0.4, 0.5) is 0 Å².